The number of ether oxygens (including phenoxy) is 2. The second kappa shape index (κ2) is 14.0. The lowest BCUT2D eigenvalue weighted by Gasteiger charge is -2.44. The van der Waals surface area contributed by atoms with Crippen molar-refractivity contribution in [3.05, 3.63) is 22.1 Å². The van der Waals surface area contributed by atoms with Gasteiger partial charge in [0.15, 0.2) is 18.1 Å². The van der Waals surface area contributed by atoms with Gasteiger partial charge in [-0.3, -0.25) is 9.59 Å². The van der Waals surface area contributed by atoms with E-state index in [4.69, 9.17) is 29.9 Å². The van der Waals surface area contributed by atoms with Gasteiger partial charge in [0, 0.05) is 0 Å². The highest BCUT2D eigenvalue weighted by molar-refractivity contribution is 7.99. The number of nitrogens with one attached hydrogen (secondary N) is 1. The number of rotatable bonds is 10. The molecule has 40 heavy (non-hydrogen) atoms. The molecule has 1 aromatic rings. The van der Waals surface area contributed by atoms with Crippen LogP contribution in [0.2, 0.25) is 0 Å². The van der Waals surface area contributed by atoms with Crippen molar-refractivity contribution in [1.82, 2.24) is 5.32 Å². The van der Waals surface area contributed by atoms with Crippen LogP contribution >= 0.6 is 23.4 Å². The van der Waals surface area contributed by atoms with Gasteiger partial charge in [-0.1, -0.05) is 13.3 Å². The summed E-state index contributed by atoms with van der Waals surface area (Å²) < 4.78 is 36.5. The molecule has 1 aliphatic heterocycles. The summed E-state index contributed by atoms with van der Waals surface area (Å²) in [5, 5.41) is 33.2. The van der Waals surface area contributed by atoms with Crippen molar-refractivity contribution in [2.24, 2.45) is 11.8 Å². The van der Waals surface area contributed by atoms with Crippen LogP contribution in [0, 0.1) is 18.8 Å². The van der Waals surface area contributed by atoms with Crippen molar-refractivity contribution in [3.63, 3.8) is 0 Å². The molecule has 228 valence electrons. The van der Waals surface area contributed by atoms with Crippen LogP contribution in [0.1, 0.15) is 63.9 Å². The van der Waals surface area contributed by atoms with Crippen molar-refractivity contribution in [1.29, 1.82) is 0 Å². The highest BCUT2D eigenvalue weighted by Gasteiger charge is 2.49. The van der Waals surface area contributed by atoms with Crippen molar-refractivity contribution < 1.29 is 47.6 Å². The van der Waals surface area contributed by atoms with E-state index in [0.29, 0.717) is 6.42 Å². The molecule has 1 amide bonds. The molecule has 0 radical (unpaired) electrons. The van der Waals surface area contributed by atoms with Gasteiger partial charge < -0.3 is 38.9 Å². The van der Waals surface area contributed by atoms with E-state index in [2.05, 4.69) is 5.32 Å². The number of hydrogen-bond donors (Lipinski definition) is 4. The molecular weight excluding hydrogens is 573 g/mol. The van der Waals surface area contributed by atoms with Crippen LogP contribution in [0.4, 0.5) is 4.39 Å². The van der Waals surface area contributed by atoms with Crippen LogP contribution < -0.4 is 11.1 Å². The van der Waals surface area contributed by atoms with Crippen molar-refractivity contribution in [3.8, 4) is 0 Å². The van der Waals surface area contributed by atoms with E-state index in [0.717, 1.165) is 11.8 Å². The molecule has 2 fully saturated rings. The Labute approximate surface area is 241 Å². The molecule has 3 rings (SSSR count). The predicted molar refractivity (Wildman–Crippen MR) is 143 cm³/mol. The molecule has 0 aromatic carbocycles. The Hall–Kier alpha value is -1.64. The first kappa shape index (κ1) is 32.9. The van der Waals surface area contributed by atoms with Crippen LogP contribution in [0.3, 0.4) is 0 Å². The molecule has 2 unspecified atom stereocenters. The van der Waals surface area contributed by atoms with Gasteiger partial charge in [0.05, 0.1) is 23.3 Å². The lowest BCUT2D eigenvalue weighted by atomic mass is 9.86. The maximum atomic E-state index is 15.6. The highest BCUT2D eigenvalue weighted by Crippen LogP contribution is 2.40. The second-order valence-corrected chi connectivity index (χ2v) is 12.2. The van der Waals surface area contributed by atoms with Gasteiger partial charge >= 0.3 is 11.8 Å². The van der Waals surface area contributed by atoms with Crippen LogP contribution in [-0.2, 0) is 25.7 Å². The van der Waals surface area contributed by atoms with Crippen LogP contribution in [0.5, 0.6) is 0 Å². The zero-order valence-corrected chi connectivity index (χ0v) is 24.6. The second-order valence-electron chi connectivity index (χ2n) is 10.6. The van der Waals surface area contributed by atoms with E-state index in [9.17, 15) is 29.7 Å². The fraction of sp³-hybridized carbons (Fsp3) is 0.808. The zero-order valence-electron chi connectivity index (χ0n) is 23.0. The normalized spacial score (nSPS) is 34.5. The minimum Gasteiger partial charge on any atom is -0.457 e. The number of alkyl halides is 2. The van der Waals surface area contributed by atoms with E-state index in [1.807, 2.05) is 6.92 Å². The van der Waals surface area contributed by atoms with E-state index in [1.165, 1.54) is 6.92 Å². The summed E-state index contributed by atoms with van der Waals surface area (Å²) >= 11 is 7.52. The summed E-state index contributed by atoms with van der Waals surface area (Å²) in [5.74, 6) is -4.13. The molecule has 0 spiro atoms. The number of aliphatic hydroxyl groups excluding tert-OH is 3. The van der Waals surface area contributed by atoms with Crippen molar-refractivity contribution >= 4 is 35.2 Å². The molecule has 1 saturated heterocycles. The molecule has 0 bridgehead atoms. The highest BCUT2D eigenvalue weighted by atomic mass is 35.5. The van der Waals surface area contributed by atoms with Crippen molar-refractivity contribution in [2.45, 2.75) is 113 Å². The molecule has 1 saturated carbocycles. The van der Waals surface area contributed by atoms with Crippen LogP contribution in [0.15, 0.2) is 13.6 Å². The number of halogens is 2. The number of aliphatic hydroxyl groups is 3. The maximum absolute atomic E-state index is 15.6. The molecule has 4 N–H and O–H groups in total. The average molecular weight is 612 g/mol. The number of carbonyl (C=O) groups excluding carboxylic acids is 2. The van der Waals surface area contributed by atoms with E-state index in [1.54, 1.807) is 13.2 Å². The Kier molecular flexibility index (Phi) is 11.5. The third-order valence-electron chi connectivity index (χ3n) is 7.81. The first-order valence-corrected chi connectivity index (χ1v) is 15.2. The number of esters is 1. The molecule has 10 atom stereocenters. The monoisotopic (exact) mass is 611 g/mol. The Morgan fingerprint density at radius 1 is 1.18 bits per heavy atom. The van der Waals surface area contributed by atoms with E-state index >= 15 is 4.39 Å². The summed E-state index contributed by atoms with van der Waals surface area (Å²) in [6.45, 7) is 4.52. The first-order chi connectivity index (χ1) is 18.8. The molecule has 14 heteroatoms. The Morgan fingerprint density at radius 2 is 1.82 bits per heavy atom. The average Bonchev–Trinajstić information content (AvgIpc) is 3.11. The van der Waals surface area contributed by atoms with E-state index < -0.39 is 83.1 Å². The van der Waals surface area contributed by atoms with Gasteiger partial charge in [0.1, 0.15) is 35.5 Å². The third-order valence-corrected chi connectivity index (χ3v) is 8.93. The molecule has 2 aliphatic rings. The predicted octanol–water partition coefficient (Wildman–Crippen LogP) is 2.18. The molecule has 11 nitrogen and oxygen atoms in total. The minimum atomic E-state index is -1.56. The molecule has 2 heterocycles. The molecular formula is C26H39ClFNO10S. The van der Waals surface area contributed by atoms with Gasteiger partial charge in [-0.05, 0) is 52.2 Å². The number of carbonyl (C=O) groups is 2. The van der Waals surface area contributed by atoms with E-state index in [-0.39, 0.29) is 43.6 Å². The SMILES string of the molecule is CCCC1(F)CCC(C(=O)OCc2oc(=O)oc2C)[C@H](C(=O)N[C@@H]([C@H]2O[C@H](SC)[C@H](O)[C@@H](O)[C@H]2O)[C@H](C)Cl)CC1. The van der Waals surface area contributed by atoms with Crippen molar-refractivity contribution in [2.75, 3.05) is 6.26 Å². The zero-order chi connectivity index (χ0) is 29.8. The smallest absolute Gasteiger partial charge is 0.457 e. The van der Waals surface area contributed by atoms with Gasteiger partial charge in [-0.2, -0.15) is 0 Å². The Bertz CT molecular complexity index is 1070. The fourth-order valence-electron chi connectivity index (χ4n) is 5.49. The summed E-state index contributed by atoms with van der Waals surface area (Å²) in [4.78, 5) is 38.3. The van der Waals surface area contributed by atoms with Gasteiger partial charge in [0.2, 0.25) is 5.91 Å². The van der Waals surface area contributed by atoms with Crippen LogP contribution in [0.25, 0.3) is 0 Å². The third kappa shape index (κ3) is 7.60. The van der Waals surface area contributed by atoms with Gasteiger partial charge in [-0.25, -0.2) is 9.18 Å². The summed E-state index contributed by atoms with van der Waals surface area (Å²) in [6, 6.07) is -1.02. The number of amides is 1. The number of thioether (sulfide) groups is 1. The number of aryl methyl sites for hydroxylation is 1. The lowest BCUT2D eigenvalue weighted by molar-refractivity contribution is -0.205. The number of hydrogen-bond acceptors (Lipinski definition) is 11. The summed E-state index contributed by atoms with van der Waals surface area (Å²) in [5.41, 5.74) is -2.43. The lowest BCUT2D eigenvalue weighted by Crippen LogP contribution is -2.64. The maximum Gasteiger partial charge on any atom is 0.519 e. The molecule has 1 aromatic heterocycles. The molecule has 1 aliphatic carbocycles. The standard InChI is InChI=1S/C26H39ClFNO10S/c1-5-8-26(28)9-6-14(15(7-10-26)23(34)36-11-16-13(3)37-25(35)38-16)22(33)29-17(12(2)27)21-19(31)18(30)20(32)24(39-21)40-4/h12,14-15,17-21,24,30-32H,5-11H2,1-4H3,(H,29,33)/t12-,14+,15?,17+,18-,19+,20+,21+,24+,26?/m0/s1. The minimum absolute atomic E-state index is 0.0300. The summed E-state index contributed by atoms with van der Waals surface area (Å²) in [7, 11) is 0. The van der Waals surface area contributed by atoms with Crippen LogP contribution in [-0.4, -0.2) is 80.4 Å². The first-order valence-electron chi connectivity index (χ1n) is 13.4. The summed E-state index contributed by atoms with van der Waals surface area (Å²) in [6.07, 6.45) is -2.89. The Balaban J connectivity index is 1.82. The van der Waals surface area contributed by atoms with Gasteiger partial charge in [-0.15, -0.1) is 23.4 Å². The van der Waals surface area contributed by atoms with Gasteiger partial charge in [0.25, 0.3) is 0 Å². The fourth-order valence-corrected chi connectivity index (χ4v) is 6.38. The largest absolute Gasteiger partial charge is 0.519 e. The Morgan fingerprint density at radius 3 is 2.38 bits per heavy atom. The quantitative estimate of drug-likeness (QED) is 0.174. The topological polar surface area (TPSA) is 169 Å².